The molecule has 0 aliphatic heterocycles. The van der Waals surface area contributed by atoms with E-state index in [9.17, 15) is 14.3 Å². The lowest BCUT2D eigenvalue weighted by Crippen LogP contribution is -2.37. The summed E-state index contributed by atoms with van der Waals surface area (Å²) < 4.78 is 27.0. The number of ether oxygens (including phenoxy) is 1. The van der Waals surface area contributed by atoms with E-state index in [1.807, 2.05) is 21.1 Å². The molecule has 0 N–H and O–H groups in total. The third kappa shape index (κ3) is 26.2. The highest BCUT2D eigenvalue weighted by Crippen LogP contribution is 2.38. The molecule has 0 fully saturated rings. The summed E-state index contributed by atoms with van der Waals surface area (Å²) in [5, 5.41) is 0. The van der Waals surface area contributed by atoms with Gasteiger partial charge in [0, 0.05) is 12.8 Å². The molecule has 1 atom stereocenters. The Balaban J connectivity index is 3.39. The first-order chi connectivity index (χ1) is 16.2. The van der Waals surface area contributed by atoms with Crippen LogP contribution in [-0.4, -0.2) is 58.0 Å². The van der Waals surface area contributed by atoms with Crippen molar-refractivity contribution in [2.24, 2.45) is 0 Å². The number of nitrogens with zero attached hydrogens (tertiary/aromatic N) is 1. The van der Waals surface area contributed by atoms with Crippen molar-refractivity contribution in [1.29, 1.82) is 0 Å². The molecule has 0 aromatic heterocycles. The average Bonchev–Trinajstić information content (AvgIpc) is 2.75. The van der Waals surface area contributed by atoms with Gasteiger partial charge < -0.3 is 23.2 Å². The van der Waals surface area contributed by atoms with Crippen LogP contribution in [0.1, 0.15) is 116 Å². The zero-order chi connectivity index (χ0) is 25.5. The summed E-state index contributed by atoms with van der Waals surface area (Å²) in [5.74, 6) is -0.223. The van der Waals surface area contributed by atoms with Crippen LogP contribution in [0, 0.1) is 0 Å². The van der Waals surface area contributed by atoms with Crippen LogP contribution in [0.2, 0.25) is 0 Å². The van der Waals surface area contributed by atoms with E-state index in [1.54, 1.807) is 0 Å². The molecule has 0 bridgehead atoms. The predicted octanol–water partition coefficient (Wildman–Crippen LogP) is 6.39. The first-order valence-corrected chi connectivity index (χ1v) is 15.2. The Hall–Kier alpha value is -0.460. The van der Waals surface area contributed by atoms with E-state index in [1.165, 1.54) is 83.5 Å². The number of unbranched alkanes of at least 4 members (excludes halogenated alkanes) is 14. The van der Waals surface area contributed by atoms with Crippen molar-refractivity contribution in [2.45, 2.75) is 116 Å². The largest absolute Gasteiger partial charge is 0.756 e. The third-order valence-corrected chi connectivity index (χ3v) is 6.79. The first-order valence-electron chi connectivity index (χ1n) is 13.7. The van der Waals surface area contributed by atoms with Gasteiger partial charge in [-0.2, -0.15) is 0 Å². The fraction of sp³-hybridized carbons (Fsp3) is 0.962. The van der Waals surface area contributed by atoms with Crippen LogP contribution in [-0.2, 0) is 23.1 Å². The van der Waals surface area contributed by atoms with Gasteiger partial charge in [-0.15, -0.1) is 0 Å². The van der Waals surface area contributed by atoms with E-state index >= 15 is 0 Å². The number of hydrogen-bond acceptors (Lipinski definition) is 6. The second-order valence-corrected chi connectivity index (χ2v) is 11.8. The van der Waals surface area contributed by atoms with Crippen LogP contribution in [0.3, 0.4) is 0 Å². The van der Waals surface area contributed by atoms with Crippen molar-refractivity contribution in [3.05, 3.63) is 0 Å². The number of quaternary nitrogens is 1. The van der Waals surface area contributed by atoms with Crippen LogP contribution in [0.25, 0.3) is 0 Å². The van der Waals surface area contributed by atoms with E-state index in [0.29, 0.717) is 23.9 Å². The lowest BCUT2D eigenvalue weighted by molar-refractivity contribution is -0.870. The summed E-state index contributed by atoms with van der Waals surface area (Å²) in [6.07, 6.45) is 20.2. The zero-order valence-corrected chi connectivity index (χ0v) is 23.6. The van der Waals surface area contributed by atoms with Gasteiger partial charge in [0.2, 0.25) is 0 Å². The summed E-state index contributed by atoms with van der Waals surface area (Å²) in [4.78, 5) is 23.4. The van der Waals surface area contributed by atoms with Gasteiger partial charge in [-0.05, 0) is 6.42 Å². The topological polar surface area (TPSA) is 84.9 Å². The molecular weight excluding hydrogens is 453 g/mol. The Morgan fingerprint density at radius 1 is 0.676 bits per heavy atom. The Morgan fingerprint density at radius 2 is 1.12 bits per heavy atom. The minimum Gasteiger partial charge on any atom is -0.756 e. The molecule has 34 heavy (non-hydrogen) atoms. The molecule has 204 valence electrons. The molecular formula is C26H54NO6P. The molecule has 0 radical (unpaired) electrons. The second kappa shape index (κ2) is 21.8. The number of rotatable bonds is 25. The summed E-state index contributed by atoms with van der Waals surface area (Å²) in [7, 11) is 1.57. The predicted molar refractivity (Wildman–Crippen MR) is 138 cm³/mol. The third-order valence-electron chi connectivity index (χ3n) is 5.80. The maximum Gasteiger partial charge on any atom is 0.305 e. The Bertz CT molecular complexity index is 524. The van der Waals surface area contributed by atoms with Gasteiger partial charge >= 0.3 is 5.97 Å². The molecule has 0 saturated carbocycles. The van der Waals surface area contributed by atoms with Crippen LogP contribution >= 0.6 is 7.82 Å². The molecule has 0 aromatic carbocycles. The molecule has 8 heteroatoms. The van der Waals surface area contributed by atoms with Gasteiger partial charge in [-0.1, -0.05) is 96.8 Å². The Labute approximate surface area is 210 Å². The minimum absolute atomic E-state index is 0.0443. The quantitative estimate of drug-likeness (QED) is 0.0616. The van der Waals surface area contributed by atoms with Gasteiger partial charge in [0.15, 0.2) is 0 Å². The summed E-state index contributed by atoms with van der Waals surface area (Å²) in [6, 6.07) is 0. The molecule has 0 rings (SSSR count). The highest BCUT2D eigenvalue weighted by atomic mass is 31.2. The van der Waals surface area contributed by atoms with Gasteiger partial charge in [0.25, 0.3) is 7.82 Å². The monoisotopic (exact) mass is 507 g/mol. The van der Waals surface area contributed by atoms with E-state index in [-0.39, 0.29) is 25.8 Å². The van der Waals surface area contributed by atoms with Crippen molar-refractivity contribution in [1.82, 2.24) is 0 Å². The smallest absolute Gasteiger partial charge is 0.305 e. The van der Waals surface area contributed by atoms with E-state index in [4.69, 9.17) is 13.8 Å². The Morgan fingerprint density at radius 3 is 1.59 bits per heavy atom. The van der Waals surface area contributed by atoms with Crippen molar-refractivity contribution < 1.29 is 32.5 Å². The normalized spacial score (nSPS) is 13.7. The number of phosphoric ester groups is 1. The van der Waals surface area contributed by atoms with Gasteiger partial charge in [-0.25, -0.2) is 0 Å². The van der Waals surface area contributed by atoms with E-state index in [2.05, 4.69) is 6.92 Å². The fourth-order valence-electron chi connectivity index (χ4n) is 3.60. The maximum atomic E-state index is 11.8. The number of hydrogen-bond donors (Lipinski definition) is 0. The van der Waals surface area contributed by atoms with Gasteiger partial charge in [0.05, 0.1) is 34.4 Å². The molecule has 0 heterocycles. The maximum absolute atomic E-state index is 11.8. The number of carbonyl (C=O) groups excluding carboxylic acids is 1. The zero-order valence-electron chi connectivity index (χ0n) is 22.7. The SMILES string of the molecule is CCCCCCCCCCCCCCCCCC(=O)OCCCOP(=O)([O-])OCC[N+](C)(C)C. The number of carbonyl (C=O) groups is 1. The molecule has 0 saturated heterocycles. The molecule has 0 aliphatic carbocycles. The number of phosphoric acid groups is 1. The number of likely N-dealkylation sites (N-methyl/N-ethyl adjacent to an activating group) is 1. The average molecular weight is 508 g/mol. The molecule has 0 spiro atoms. The molecule has 7 nitrogen and oxygen atoms in total. The summed E-state index contributed by atoms with van der Waals surface area (Å²) in [5.41, 5.74) is 0. The second-order valence-electron chi connectivity index (χ2n) is 10.4. The fourth-order valence-corrected chi connectivity index (χ4v) is 4.33. The van der Waals surface area contributed by atoms with Crippen LogP contribution < -0.4 is 4.89 Å². The Kier molecular flexibility index (Phi) is 21.5. The lowest BCUT2D eigenvalue weighted by atomic mass is 10.0. The molecule has 0 aromatic rings. The molecule has 0 amide bonds. The van der Waals surface area contributed by atoms with Gasteiger partial charge in [-0.3, -0.25) is 9.36 Å². The number of esters is 1. The van der Waals surface area contributed by atoms with Crippen molar-refractivity contribution >= 4 is 13.8 Å². The highest BCUT2D eigenvalue weighted by Gasteiger charge is 2.13. The van der Waals surface area contributed by atoms with E-state index < -0.39 is 7.82 Å². The highest BCUT2D eigenvalue weighted by molar-refractivity contribution is 7.45. The molecule has 0 aliphatic rings. The van der Waals surface area contributed by atoms with Gasteiger partial charge in [0.1, 0.15) is 13.2 Å². The summed E-state index contributed by atoms with van der Waals surface area (Å²) >= 11 is 0. The standard InChI is InChI=1S/C26H54NO6P/c1-5-6-7-8-9-10-11-12-13-14-15-16-17-18-19-21-26(28)31-23-20-24-32-34(29,30)33-25-22-27(2,3)4/h5-25H2,1-4H3. The summed E-state index contributed by atoms with van der Waals surface area (Å²) in [6.45, 7) is 3.03. The minimum atomic E-state index is -4.29. The van der Waals surface area contributed by atoms with Crippen LogP contribution in [0.15, 0.2) is 0 Å². The van der Waals surface area contributed by atoms with Crippen molar-refractivity contribution in [2.75, 3.05) is 47.5 Å². The first kappa shape index (κ1) is 33.5. The van der Waals surface area contributed by atoms with Crippen LogP contribution in [0.4, 0.5) is 0 Å². The van der Waals surface area contributed by atoms with E-state index in [0.717, 1.165) is 12.8 Å². The van der Waals surface area contributed by atoms with Crippen molar-refractivity contribution in [3.8, 4) is 0 Å². The molecule has 1 unspecified atom stereocenters. The van der Waals surface area contributed by atoms with Crippen LogP contribution in [0.5, 0.6) is 0 Å². The van der Waals surface area contributed by atoms with Crippen molar-refractivity contribution in [3.63, 3.8) is 0 Å². The lowest BCUT2D eigenvalue weighted by Gasteiger charge is -2.27.